The van der Waals surface area contributed by atoms with Gasteiger partial charge in [-0.2, -0.15) is 13.5 Å². The van der Waals surface area contributed by atoms with Crippen LogP contribution in [0.1, 0.15) is 18.2 Å². The Bertz CT molecular complexity index is 1180. The Morgan fingerprint density at radius 2 is 2.09 bits per heavy atom. The van der Waals surface area contributed by atoms with Crippen molar-refractivity contribution in [2.24, 2.45) is 0 Å². The number of aromatic nitrogens is 4. The molecule has 0 radical (unpaired) electrons. The molecule has 0 spiro atoms. The van der Waals surface area contributed by atoms with Crippen LogP contribution < -0.4 is 4.74 Å². The lowest BCUT2D eigenvalue weighted by Crippen LogP contribution is -2.46. The highest BCUT2D eigenvalue weighted by Crippen LogP contribution is 2.32. The normalized spacial score (nSPS) is 19.6. The molecule has 4 heterocycles. The highest BCUT2D eigenvalue weighted by Gasteiger charge is 2.41. The second-order valence-electron chi connectivity index (χ2n) is 8.07. The highest BCUT2D eigenvalue weighted by molar-refractivity contribution is 7.59. The van der Waals surface area contributed by atoms with Crippen LogP contribution in [0.4, 0.5) is 14.6 Å². The second-order valence-corrected chi connectivity index (χ2v) is 8.07. The Morgan fingerprint density at radius 3 is 2.81 bits per heavy atom. The molecule has 12 heteroatoms. The standard InChI is InChI=1S/C20H18F2N6O3.H2S/c1-20(11-27-9-17(28(29)30)25-19(27)31-20)10-26-5-4-16-13(8-26)7-23-18(24-16)12-2-3-14(21)15(22)6-12;/h2-3,6-7,9H,4-5,8,10-11H2,1H3;1H2/t20-;/m0./s1. The summed E-state index contributed by atoms with van der Waals surface area (Å²) in [6, 6.07) is 3.88. The first-order valence-electron chi connectivity index (χ1n) is 9.73. The molecule has 2 aromatic heterocycles. The van der Waals surface area contributed by atoms with E-state index in [1.165, 1.54) is 12.3 Å². The summed E-state index contributed by atoms with van der Waals surface area (Å²) >= 11 is 0. The van der Waals surface area contributed by atoms with Crippen molar-refractivity contribution in [3.8, 4) is 17.4 Å². The summed E-state index contributed by atoms with van der Waals surface area (Å²) < 4.78 is 34.3. The summed E-state index contributed by atoms with van der Waals surface area (Å²) in [5, 5.41) is 10.9. The Kier molecular flexibility index (Phi) is 5.59. The summed E-state index contributed by atoms with van der Waals surface area (Å²) in [5.74, 6) is -1.70. The number of nitrogens with zero attached hydrogens (tertiary/aromatic N) is 6. The molecule has 2 aliphatic rings. The molecular weight excluding hydrogens is 442 g/mol. The van der Waals surface area contributed by atoms with E-state index in [0.717, 1.165) is 29.9 Å². The molecule has 9 nitrogen and oxygen atoms in total. The maximum Gasteiger partial charge on any atom is 0.415 e. The van der Waals surface area contributed by atoms with E-state index in [1.54, 1.807) is 10.8 Å². The van der Waals surface area contributed by atoms with Crippen LogP contribution in [-0.4, -0.2) is 48.0 Å². The molecule has 0 aliphatic carbocycles. The van der Waals surface area contributed by atoms with Gasteiger partial charge in [-0.15, -0.1) is 0 Å². The molecule has 0 bridgehead atoms. The molecule has 0 N–H and O–H groups in total. The van der Waals surface area contributed by atoms with Gasteiger partial charge >= 0.3 is 11.8 Å². The zero-order valence-electron chi connectivity index (χ0n) is 17.1. The van der Waals surface area contributed by atoms with Crippen LogP contribution in [0.15, 0.2) is 30.6 Å². The first-order valence-corrected chi connectivity index (χ1v) is 9.73. The van der Waals surface area contributed by atoms with E-state index >= 15 is 0 Å². The number of rotatable bonds is 4. The van der Waals surface area contributed by atoms with E-state index in [0.29, 0.717) is 37.4 Å². The number of halogens is 2. The average Bonchev–Trinajstić information content (AvgIpc) is 3.24. The van der Waals surface area contributed by atoms with Crippen molar-refractivity contribution in [1.29, 1.82) is 0 Å². The number of hydrogen-bond acceptors (Lipinski definition) is 7. The monoisotopic (exact) mass is 462 g/mol. The predicted molar refractivity (Wildman–Crippen MR) is 115 cm³/mol. The number of benzene rings is 1. The number of fused-ring (bicyclic) bond motifs is 2. The smallest absolute Gasteiger partial charge is 0.415 e. The molecule has 32 heavy (non-hydrogen) atoms. The highest BCUT2D eigenvalue weighted by atomic mass is 32.1. The minimum atomic E-state index is -0.930. The summed E-state index contributed by atoms with van der Waals surface area (Å²) in [4.78, 5) is 25.3. The Labute approximate surface area is 188 Å². The predicted octanol–water partition coefficient (Wildman–Crippen LogP) is 2.85. The topological polar surface area (TPSA) is 99.2 Å². The van der Waals surface area contributed by atoms with Crippen molar-refractivity contribution >= 4 is 19.3 Å². The van der Waals surface area contributed by atoms with E-state index in [-0.39, 0.29) is 25.3 Å². The zero-order valence-corrected chi connectivity index (χ0v) is 18.1. The SMILES string of the molecule is C[C@]1(CN2CCc3nc(-c4ccc(F)c(F)c4)ncc3C2)Cn2cc([N+](=O)[O-])nc2O1.S. The van der Waals surface area contributed by atoms with Crippen molar-refractivity contribution in [3.05, 3.63) is 63.6 Å². The fourth-order valence-corrected chi connectivity index (χ4v) is 4.12. The van der Waals surface area contributed by atoms with Crippen LogP contribution >= 0.6 is 13.5 Å². The molecule has 1 aromatic carbocycles. The lowest BCUT2D eigenvalue weighted by atomic mass is 10.0. The molecule has 0 fully saturated rings. The molecule has 168 valence electrons. The first kappa shape index (κ1) is 22.1. The minimum absolute atomic E-state index is 0. The van der Waals surface area contributed by atoms with Gasteiger partial charge in [0.15, 0.2) is 17.5 Å². The first-order chi connectivity index (χ1) is 14.8. The molecule has 3 aromatic rings. The van der Waals surface area contributed by atoms with E-state index in [9.17, 15) is 18.9 Å². The van der Waals surface area contributed by atoms with Crippen LogP contribution in [0.5, 0.6) is 6.01 Å². The molecule has 0 unspecified atom stereocenters. The third-order valence-corrected chi connectivity index (χ3v) is 5.51. The number of nitro groups is 1. The quantitative estimate of drug-likeness (QED) is 0.434. The van der Waals surface area contributed by atoms with Crippen molar-refractivity contribution < 1.29 is 18.4 Å². The maximum absolute atomic E-state index is 13.5. The summed E-state index contributed by atoms with van der Waals surface area (Å²) in [7, 11) is 0. The van der Waals surface area contributed by atoms with Gasteiger partial charge in [-0.25, -0.2) is 18.7 Å². The molecule has 1 atom stereocenters. The van der Waals surface area contributed by atoms with Gasteiger partial charge < -0.3 is 14.9 Å². The van der Waals surface area contributed by atoms with E-state index < -0.39 is 22.2 Å². The Hall–Kier alpha value is -3.12. The molecule has 0 amide bonds. The summed E-state index contributed by atoms with van der Waals surface area (Å²) in [5.41, 5.74) is 1.72. The van der Waals surface area contributed by atoms with Gasteiger partial charge in [-0.1, -0.05) is 0 Å². The lowest BCUT2D eigenvalue weighted by Gasteiger charge is -2.33. The van der Waals surface area contributed by atoms with E-state index in [4.69, 9.17) is 4.74 Å². The van der Waals surface area contributed by atoms with Crippen molar-refractivity contribution in [3.63, 3.8) is 0 Å². The van der Waals surface area contributed by atoms with Crippen molar-refractivity contribution in [2.45, 2.75) is 32.0 Å². The van der Waals surface area contributed by atoms with Crippen molar-refractivity contribution in [1.82, 2.24) is 24.4 Å². The largest absolute Gasteiger partial charge is 0.436 e. The van der Waals surface area contributed by atoms with Crippen LogP contribution in [0.2, 0.25) is 0 Å². The van der Waals surface area contributed by atoms with Crippen LogP contribution in [-0.2, 0) is 19.5 Å². The lowest BCUT2D eigenvalue weighted by molar-refractivity contribution is -0.389. The fraction of sp³-hybridized carbons (Fsp3) is 0.350. The van der Waals surface area contributed by atoms with E-state index in [1.807, 2.05) is 6.92 Å². The van der Waals surface area contributed by atoms with Gasteiger partial charge in [-0.05, 0) is 30.0 Å². The van der Waals surface area contributed by atoms with Crippen LogP contribution in [0.25, 0.3) is 11.4 Å². The van der Waals surface area contributed by atoms with Crippen LogP contribution in [0, 0.1) is 21.7 Å². The van der Waals surface area contributed by atoms with Gasteiger partial charge in [0.25, 0.3) is 0 Å². The Balaban J connectivity index is 0.00000245. The minimum Gasteiger partial charge on any atom is -0.436 e. The Morgan fingerprint density at radius 1 is 1.28 bits per heavy atom. The van der Waals surface area contributed by atoms with Crippen molar-refractivity contribution in [2.75, 3.05) is 13.1 Å². The molecule has 2 aliphatic heterocycles. The summed E-state index contributed by atoms with van der Waals surface area (Å²) in [6.07, 6.45) is 3.79. The third kappa shape index (κ3) is 4.02. The zero-order chi connectivity index (χ0) is 21.8. The molecule has 5 rings (SSSR count). The molecule has 0 saturated carbocycles. The van der Waals surface area contributed by atoms with E-state index in [2.05, 4.69) is 19.9 Å². The van der Waals surface area contributed by atoms with Gasteiger partial charge in [0.05, 0.1) is 12.2 Å². The third-order valence-electron chi connectivity index (χ3n) is 5.51. The van der Waals surface area contributed by atoms with Gasteiger partial charge in [0.2, 0.25) is 0 Å². The molecular formula is C20H20F2N6O3S. The average molecular weight is 462 g/mol. The number of ether oxygens (including phenoxy) is 1. The molecule has 0 saturated heterocycles. The maximum atomic E-state index is 13.5. The second kappa shape index (κ2) is 8.10. The number of hydrogen-bond donors (Lipinski definition) is 0. The summed E-state index contributed by atoms with van der Waals surface area (Å²) in [6.45, 7) is 4.38. The van der Waals surface area contributed by atoms with Gasteiger partial charge in [0, 0.05) is 48.4 Å². The van der Waals surface area contributed by atoms with Gasteiger partial charge in [0.1, 0.15) is 11.8 Å². The van der Waals surface area contributed by atoms with Crippen LogP contribution in [0.3, 0.4) is 0 Å². The fourth-order valence-electron chi connectivity index (χ4n) is 4.12. The number of imidazole rings is 1. The van der Waals surface area contributed by atoms with Gasteiger partial charge in [-0.3, -0.25) is 9.47 Å².